The van der Waals surface area contributed by atoms with E-state index in [9.17, 15) is 9.59 Å². The lowest BCUT2D eigenvalue weighted by Crippen LogP contribution is -2.38. The number of carbonyl (C=O) groups excluding carboxylic acids is 1. The first-order valence-corrected chi connectivity index (χ1v) is 8.26. The fourth-order valence-electron chi connectivity index (χ4n) is 2.88. The molecule has 0 spiro atoms. The molecule has 1 aromatic carbocycles. The van der Waals surface area contributed by atoms with Gasteiger partial charge in [-0.1, -0.05) is 30.3 Å². The van der Waals surface area contributed by atoms with Gasteiger partial charge >= 0.3 is 5.97 Å². The van der Waals surface area contributed by atoms with E-state index in [1.807, 2.05) is 35.2 Å². The Balaban J connectivity index is 1.56. The van der Waals surface area contributed by atoms with Crippen molar-refractivity contribution in [1.82, 2.24) is 4.90 Å². The number of amides is 1. The molecule has 2 rings (SSSR count). The van der Waals surface area contributed by atoms with E-state index in [4.69, 9.17) is 9.84 Å². The van der Waals surface area contributed by atoms with E-state index in [1.165, 1.54) is 0 Å². The molecule has 23 heavy (non-hydrogen) atoms. The van der Waals surface area contributed by atoms with E-state index in [-0.39, 0.29) is 18.2 Å². The predicted molar refractivity (Wildman–Crippen MR) is 86.9 cm³/mol. The van der Waals surface area contributed by atoms with Crippen molar-refractivity contribution in [3.63, 3.8) is 0 Å². The number of benzene rings is 1. The van der Waals surface area contributed by atoms with Crippen LogP contribution in [0.4, 0.5) is 0 Å². The maximum Gasteiger partial charge on any atom is 0.303 e. The molecule has 0 aromatic heterocycles. The van der Waals surface area contributed by atoms with Crippen LogP contribution >= 0.6 is 0 Å². The molecule has 1 heterocycles. The molecule has 1 amide bonds. The van der Waals surface area contributed by atoms with Gasteiger partial charge in [0, 0.05) is 32.5 Å². The van der Waals surface area contributed by atoms with Crippen LogP contribution in [0.5, 0.6) is 0 Å². The number of carboxylic acids is 1. The molecule has 0 saturated carbocycles. The summed E-state index contributed by atoms with van der Waals surface area (Å²) < 4.78 is 5.58. The Morgan fingerprint density at radius 1 is 1.17 bits per heavy atom. The minimum absolute atomic E-state index is 0.155. The van der Waals surface area contributed by atoms with E-state index in [1.54, 1.807) is 0 Å². The molecule has 0 unspecified atom stereocenters. The number of aliphatic carboxylic acids is 1. The highest BCUT2D eigenvalue weighted by Gasteiger charge is 2.23. The van der Waals surface area contributed by atoms with Gasteiger partial charge in [0.25, 0.3) is 0 Å². The molecule has 0 aliphatic carbocycles. The number of likely N-dealkylation sites (tertiary alicyclic amines) is 1. The number of ether oxygens (including phenoxy) is 1. The van der Waals surface area contributed by atoms with Gasteiger partial charge in [0.15, 0.2) is 0 Å². The maximum absolute atomic E-state index is 12.1. The Bertz CT molecular complexity index is 495. The van der Waals surface area contributed by atoms with Crippen LogP contribution in [0.25, 0.3) is 0 Å². The van der Waals surface area contributed by atoms with Gasteiger partial charge in [0.1, 0.15) is 0 Å². The zero-order chi connectivity index (χ0) is 16.5. The maximum atomic E-state index is 12.1. The number of hydrogen-bond donors (Lipinski definition) is 1. The lowest BCUT2D eigenvalue weighted by molar-refractivity contribution is -0.138. The fraction of sp³-hybridized carbons (Fsp3) is 0.556. The Labute approximate surface area is 137 Å². The summed E-state index contributed by atoms with van der Waals surface area (Å²) in [4.78, 5) is 24.7. The van der Waals surface area contributed by atoms with Crippen molar-refractivity contribution < 1.29 is 19.4 Å². The number of nitrogens with zero attached hydrogens (tertiary/aromatic N) is 1. The summed E-state index contributed by atoms with van der Waals surface area (Å²) in [5, 5.41) is 8.80. The zero-order valence-corrected chi connectivity index (χ0v) is 13.4. The third-order valence-corrected chi connectivity index (χ3v) is 4.22. The molecule has 0 atom stereocenters. The number of rotatable bonds is 8. The number of hydrogen-bond acceptors (Lipinski definition) is 3. The summed E-state index contributed by atoms with van der Waals surface area (Å²) in [5.74, 6) is -0.377. The third-order valence-electron chi connectivity index (χ3n) is 4.22. The van der Waals surface area contributed by atoms with Crippen LogP contribution in [0.1, 0.15) is 37.7 Å². The predicted octanol–water partition coefficient (Wildman–Crippen LogP) is 2.70. The average molecular weight is 319 g/mol. The molecule has 126 valence electrons. The largest absolute Gasteiger partial charge is 0.481 e. The highest BCUT2D eigenvalue weighted by atomic mass is 16.5. The van der Waals surface area contributed by atoms with Crippen LogP contribution in [-0.4, -0.2) is 41.6 Å². The Morgan fingerprint density at radius 2 is 1.87 bits per heavy atom. The molecule has 5 heteroatoms. The van der Waals surface area contributed by atoms with E-state index < -0.39 is 5.97 Å². The molecule has 1 aromatic rings. The van der Waals surface area contributed by atoms with Crippen LogP contribution in [-0.2, 0) is 20.9 Å². The summed E-state index contributed by atoms with van der Waals surface area (Å²) in [6.07, 6.45) is 3.03. The summed E-state index contributed by atoms with van der Waals surface area (Å²) >= 11 is 0. The van der Waals surface area contributed by atoms with Gasteiger partial charge in [-0.25, -0.2) is 0 Å². The monoisotopic (exact) mass is 319 g/mol. The van der Waals surface area contributed by atoms with E-state index in [0.29, 0.717) is 32.7 Å². The first kappa shape index (κ1) is 17.5. The van der Waals surface area contributed by atoms with Crippen molar-refractivity contribution in [2.75, 3.05) is 19.7 Å². The van der Waals surface area contributed by atoms with Crippen LogP contribution in [0.2, 0.25) is 0 Å². The van der Waals surface area contributed by atoms with Gasteiger partial charge in [-0.2, -0.15) is 0 Å². The van der Waals surface area contributed by atoms with Crippen molar-refractivity contribution in [2.45, 2.75) is 38.7 Å². The highest BCUT2D eigenvalue weighted by Crippen LogP contribution is 2.21. The van der Waals surface area contributed by atoms with Gasteiger partial charge in [0.05, 0.1) is 6.61 Å². The summed E-state index contributed by atoms with van der Waals surface area (Å²) in [5.41, 5.74) is 1.14. The minimum atomic E-state index is -0.745. The van der Waals surface area contributed by atoms with Crippen LogP contribution in [0, 0.1) is 5.92 Å². The SMILES string of the molecule is O=C(O)CC1CCN(C(=O)CCCOCc2ccccc2)CC1. The Morgan fingerprint density at radius 3 is 2.52 bits per heavy atom. The molecule has 0 bridgehead atoms. The van der Waals surface area contributed by atoms with Crippen molar-refractivity contribution >= 4 is 11.9 Å². The van der Waals surface area contributed by atoms with Gasteiger partial charge < -0.3 is 14.7 Å². The summed E-state index contributed by atoms with van der Waals surface area (Å²) in [6, 6.07) is 9.98. The van der Waals surface area contributed by atoms with Crippen LogP contribution in [0.15, 0.2) is 30.3 Å². The molecular formula is C18H25NO4. The Hall–Kier alpha value is -1.88. The van der Waals surface area contributed by atoms with Gasteiger partial charge in [0.2, 0.25) is 5.91 Å². The summed E-state index contributed by atoms with van der Waals surface area (Å²) in [6.45, 7) is 2.52. The van der Waals surface area contributed by atoms with Crippen molar-refractivity contribution in [2.24, 2.45) is 5.92 Å². The Kier molecular flexibility index (Phi) is 7.07. The first-order chi connectivity index (χ1) is 11.1. The lowest BCUT2D eigenvalue weighted by Gasteiger charge is -2.31. The fourth-order valence-corrected chi connectivity index (χ4v) is 2.88. The molecular weight excluding hydrogens is 294 g/mol. The molecule has 0 radical (unpaired) electrons. The topological polar surface area (TPSA) is 66.8 Å². The molecule has 1 fully saturated rings. The second-order valence-corrected chi connectivity index (χ2v) is 6.06. The smallest absolute Gasteiger partial charge is 0.303 e. The first-order valence-electron chi connectivity index (χ1n) is 8.26. The zero-order valence-electron chi connectivity index (χ0n) is 13.4. The minimum Gasteiger partial charge on any atom is -0.481 e. The summed E-state index contributed by atoms with van der Waals surface area (Å²) in [7, 11) is 0. The molecule has 1 saturated heterocycles. The van der Waals surface area contributed by atoms with Gasteiger partial charge in [-0.05, 0) is 30.7 Å². The third kappa shape index (κ3) is 6.40. The van der Waals surface area contributed by atoms with E-state index in [0.717, 1.165) is 24.8 Å². The molecule has 1 N–H and O–H groups in total. The van der Waals surface area contributed by atoms with E-state index in [2.05, 4.69) is 0 Å². The quantitative estimate of drug-likeness (QED) is 0.748. The van der Waals surface area contributed by atoms with Crippen molar-refractivity contribution in [3.05, 3.63) is 35.9 Å². The standard InChI is InChI=1S/C18H25NO4/c20-17(19-10-8-15(9-11-19)13-18(21)22)7-4-12-23-14-16-5-2-1-3-6-16/h1-3,5-6,15H,4,7-14H2,(H,21,22). The molecule has 1 aliphatic heterocycles. The lowest BCUT2D eigenvalue weighted by atomic mass is 9.93. The number of carbonyl (C=O) groups is 2. The number of carboxylic acid groups (broad SMARTS) is 1. The second kappa shape index (κ2) is 9.30. The van der Waals surface area contributed by atoms with Crippen LogP contribution < -0.4 is 0 Å². The van der Waals surface area contributed by atoms with Gasteiger partial charge in [-0.3, -0.25) is 9.59 Å². The van der Waals surface area contributed by atoms with Crippen LogP contribution in [0.3, 0.4) is 0 Å². The number of piperidine rings is 1. The van der Waals surface area contributed by atoms with E-state index >= 15 is 0 Å². The van der Waals surface area contributed by atoms with Crippen molar-refractivity contribution in [3.8, 4) is 0 Å². The average Bonchev–Trinajstić information content (AvgIpc) is 2.55. The molecule has 1 aliphatic rings. The molecule has 5 nitrogen and oxygen atoms in total. The van der Waals surface area contributed by atoms with Gasteiger partial charge in [-0.15, -0.1) is 0 Å². The second-order valence-electron chi connectivity index (χ2n) is 6.06. The van der Waals surface area contributed by atoms with Crippen molar-refractivity contribution in [1.29, 1.82) is 0 Å². The highest BCUT2D eigenvalue weighted by molar-refractivity contribution is 5.76. The normalized spacial score (nSPS) is 15.6.